The Balaban J connectivity index is 0.00000130. The van der Waals surface area contributed by atoms with E-state index in [0.717, 1.165) is 51.8 Å². The fraction of sp³-hybridized carbons (Fsp3) is 0.393. The highest BCUT2D eigenvalue weighted by Crippen LogP contribution is 2.29. The van der Waals surface area contributed by atoms with Crippen molar-refractivity contribution in [2.75, 3.05) is 46.2 Å². The molecule has 0 radical (unpaired) electrons. The lowest BCUT2D eigenvalue weighted by molar-refractivity contribution is 0.0942. The van der Waals surface area contributed by atoms with Gasteiger partial charge in [0.05, 0.1) is 35.9 Å². The van der Waals surface area contributed by atoms with E-state index in [4.69, 9.17) is 4.74 Å². The van der Waals surface area contributed by atoms with Crippen molar-refractivity contribution in [3.8, 4) is 11.1 Å². The van der Waals surface area contributed by atoms with Crippen LogP contribution in [0.5, 0.6) is 0 Å². The number of carbonyl (C=O) groups is 1. The van der Waals surface area contributed by atoms with Gasteiger partial charge in [-0.3, -0.25) is 14.1 Å². The summed E-state index contributed by atoms with van der Waals surface area (Å²) in [6.07, 6.45) is 1.75. The monoisotopic (exact) mass is 506 g/mol. The molecule has 9 nitrogen and oxygen atoms in total. The van der Waals surface area contributed by atoms with Gasteiger partial charge in [0.1, 0.15) is 0 Å². The second-order valence-electron chi connectivity index (χ2n) is 9.24. The van der Waals surface area contributed by atoms with Crippen LogP contribution in [0.1, 0.15) is 15.3 Å². The number of pyridine rings is 1. The number of fused-ring (bicyclic) bond motifs is 3. The van der Waals surface area contributed by atoms with E-state index in [-0.39, 0.29) is 13.1 Å². The molecule has 9 heteroatoms. The van der Waals surface area contributed by atoms with E-state index in [1.807, 2.05) is 69.2 Å². The van der Waals surface area contributed by atoms with Gasteiger partial charge in [-0.15, -0.1) is 0 Å². The molecule has 0 bridgehead atoms. The van der Waals surface area contributed by atoms with Crippen LogP contribution < -0.4 is 11.0 Å². The van der Waals surface area contributed by atoms with Crippen LogP contribution in [0.2, 0.25) is 0 Å². The molecular formula is C28H38N6O3. The van der Waals surface area contributed by atoms with Crippen molar-refractivity contribution in [1.29, 1.82) is 0 Å². The molecule has 2 aromatic heterocycles. The summed E-state index contributed by atoms with van der Waals surface area (Å²) in [6.45, 7) is 6.40. The number of anilines is 1. The molecule has 4 aromatic rings. The number of hydrogen-bond acceptors (Lipinski definition) is 5. The maximum absolute atomic E-state index is 12.8. The van der Waals surface area contributed by atoms with Crippen molar-refractivity contribution >= 4 is 33.7 Å². The molecule has 5 rings (SSSR count). The number of methoxy groups -OCH3 is 1. The summed E-state index contributed by atoms with van der Waals surface area (Å²) >= 11 is 0. The van der Waals surface area contributed by atoms with Crippen LogP contribution in [-0.4, -0.2) is 76.9 Å². The van der Waals surface area contributed by atoms with E-state index in [0.29, 0.717) is 19.2 Å². The number of imidazole rings is 1. The standard InChI is InChI=1S/C26H30N6O3.C2H6.H2/c1-29(2)20-15-31(16-20)25(33)28-19-8-5-17(6-9-19)18-7-10-22-21(13-18)24-23(14-27-22)30(3)26(34)32(24)11-12-35-4;1-2;/h5-10,13-14,20H,11-12,15-16H2,1-4H3,(H,28,33);1-2H3;1H. The van der Waals surface area contributed by atoms with E-state index in [9.17, 15) is 9.59 Å². The molecule has 0 atom stereocenters. The Morgan fingerprint density at radius 1 is 1.14 bits per heavy atom. The minimum atomic E-state index is -0.0871. The lowest BCUT2D eigenvalue weighted by Crippen LogP contribution is -2.60. The lowest BCUT2D eigenvalue weighted by Gasteiger charge is -2.42. The number of aryl methyl sites for hydroxylation is 1. The minimum absolute atomic E-state index is 0. The van der Waals surface area contributed by atoms with Crippen molar-refractivity contribution < 1.29 is 11.0 Å². The molecule has 1 saturated heterocycles. The molecule has 37 heavy (non-hydrogen) atoms. The van der Waals surface area contributed by atoms with Gasteiger partial charge in [-0.05, 0) is 49.5 Å². The maximum Gasteiger partial charge on any atom is 0.328 e. The number of likely N-dealkylation sites (tertiary alicyclic amines) is 1. The van der Waals surface area contributed by atoms with Crippen LogP contribution in [0.25, 0.3) is 33.1 Å². The van der Waals surface area contributed by atoms with Gasteiger partial charge >= 0.3 is 11.7 Å². The Hall–Kier alpha value is -3.69. The van der Waals surface area contributed by atoms with Crippen molar-refractivity contribution in [3.05, 3.63) is 59.1 Å². The third-order valence-electron chi connectivity index (χ3n) is 6.84. The molecule has 2 aromatic carbocycles. The Morgan fingerprint density at radius 3 is 2.46 bits per heavy atom. The average molecular weight is 507 g/mol. The number of carbonyl (C=O) groups excluding carboxylic acids is 1. The Kier molecular flexibility index (Phi) is 7.94. The number of likely N-dealkylation sites (N-methyl/N-ethyl adjacent to an activating group) is 1. The third-order valence-corrected chi connectivity index (χ3v) is 6.84. The Bertz CT molecular complexity index is 1460. The summed E-state index contributed by atoms with van der Waals surface area (Å²) in [5.74, 6) is 0. The minimum Gasteiger partial charge on any atom is -0.383 e. The first-order chi connectivity index (χ1) is 17.9. The van der Waals surface area contributed by atoms with Crippen LogP contribution in [0.15, 0.2) is 53.5 Å². The summed E-state index contributed by atoms with van der Waals surface area (Å²) in [7, 11) is 7.45. The molecule has 1 N–H and O–H groups in total. The highest BCUT2D eigenvalue weighted by atomic mass is 16.5. The fourth-order valence-electron chi connectivity index (χ4n) is 4.54. The predicted molar refractivity (Wildman–Crippen MR) is 151 cm³/mol. The molecule has 0 aliphatic carbocycles. The van der Waals surface area contributed by atoms with Gasteiger partial charge in [-0.25, -0.2) is 9.59 Å². The molecule has 0 spiro atoms. The molecule has 1 aliphatic rings. The third kappa shape index (κ3) is 5.10. The van der Waals surface area contributed by atoms with Gasteiger partial charge in [0.2, 0.25) is 0 Å². The number of benzene rings is 2. The molecular weight excluding hydrogens is 468 g/mol. The summed E-state index contributed by atoms with van der Waals surface area (Å²) in [5, 5.41) is 3.89. The Morgan fingerprint density at radius 2 is 1.81 bits per heavy atom. The van der Waals surface area contributed by atoms with Gasteiger partial charge in [-0.1, -0.05) is 32.0 Å². The topological polar surface area (TPSA) is 84.6 Å². The highest BCUT2D eigenvalue weighted by molar-refractivity contribution is 6.04. The second-order valence-corrected chi connectivity index (χ2v) is 9.24. The van der Waals surface area contributed by atoms with Gasteiger partial charge in [0, 0.05) is 45.8 Å². The van der Waals surface area contributed by atoms with Gasteiger partial charge in [0.15, 0.2) is 0 Å². The van der Waals surface area contributed by atoms with Crippen LogP contribution in [0, 0.1) is 0 Å². The van der Waals surface area contributed by atoms with Crippen molar-refractivity contribution in [1.82, 2.24) is 23.9 Å². The fourth-order valence-corrected chi connectivity index (χ4v) is 4.54. The van der Waals surface area contributed by atoms with Crippen molar-refractivity contribution in [2.45, 2.75) is 26.4 Å². The molecule has 0 unspecified atom stereocenters. The smallest absolute Gasteiger partial charge is 0.328 e. The normalized spacial score (nSPS) is 13.5. The second kappa shape index (κ2) is 11.1. The van der Waals surface area contributed by atoms with Crippen LogP contribution >= 0.6 is 0 Å². The zero-order chi connectivity index (χ0) is 26.7. The molecule has 0 saturated carbocycles. The first-order valence-electron chi connectivity index (χ1n) is 12.7. The summed E-state index contributed by atoms with van der Waals surface area (Å²) < 4.78 is 8.60. The largest absolute Gasteiger partial charge is 0.383 e. The number of aromatic nitrogens is 3. The average Bonchev–Trinajstić information content (AvgIpc) is 3.12. The van der Waals surface area contributed by atoms with Crippen molar-refractivity contribution in [3.63, 3.8) is 0 Å². The molecule has 1 fully saturated rings. The maximum atomic E-state index is 12.8. The quantitative estimate of drug-likeness (QED) is 0.423. The molecule has 3 heterocycles. The first kappa shape index (κ1) is 26.4. The van der Waals surface area contributed by atoms with E-state index >= 15 is 0 Å². The van der Waals surface area contributed by atoms with Crippen LogP contribution in [0.4, 0.5) is 10.5 Å². The summed E-state index contributed by atoms with van der Waals surface area (Å²) in [4.78, 5) is 33.8. The highest BCUT2D eigenvalue weighted by Gasteiger charge is 2.31. The molecule has 2 amide bonds. The first-order valence-corrected chi connectivity index (χ1v) is 12.7. The van der Waals surface area contributed by atoms with E-state index in [2.05, 4.69) is 21.3 Å². The summed E-state index contributed by atoms with van der Waals surface area (Å²) in [5.41, 5.74) is 5.17. The SMILES string of the molecule is CC.COCCn1c(=O)n(C)c2cnc3ccc(-c4ccc(NC(=O)N5CC(N(C)C)C5)cc4)cc3c21.[HH]. The number of nitrogens with zero attached hydrogens (tertiary/aromatic N) is 5. The number of urea groups is 1. The summed E-state index contributed by atoms with van der Waals surface area (Å²) in [6, 6.07) is 14.2. The zero-order valence-electron chi connectivity index (χ0n) is 22.5. The molecule has 198 valence electrons. The van der Waals surface area contributed by atoms with Gasteiger partial charge < -0.3 is 19.9 Å². The Labute approximate surface area is 218 Å². The van der Waals surface area contributed by atoms with E-state index < -0.39 is 0 Å². The lowest BCUT2D eigenvalue weighted by atomic mass is 10.0. The van der Waals surface area contributed by atoms with E-state index in [1.165, 1.54) is 0 Å². The number of rotatable bonds is 6. The number of ether oxygens (including phenoxy) is 1. The van der Waals surface area contributed by atoms with E-state index in [1.54, 1.807) is 29.5 Å². The predicted octanol–water partition coefficient (Wildman–Crippen LogP) is 4.25. The van der Waals surface area contributed by atoms with Gasteiger partial charge in [0.25, 0.3) is 0 Å². The molecule has 1 aliphatic heterocycles. The zero-order valence-corrected chi connectivity index (χ0v) is 22.5. The van der Waals surface area contributed by atoms with Crippen LogP contribution in [0.3, 0.4) is 0 Å². The van der Waals surface area contributed by atoms with Gasteiger partial charge in [-0.2, -0.15) is 0 Å². The number of hydrogen-bond donors (Lipinski definition) is 1. The van der Waals surface area contributed by atoms with Crippen molar-refractivity contribution in [2.24, 2.45) is 7.05 Å². The number of nitrogens with one attached hydrogen (secondary N) is 1. The van der Waals surface area contributed by atoms with Crippen LogP contribution in [-0.2, 0) is 18.3 Å². The number of amides is 2.